The summed E-state index contributed by atoms with van der Waals surface area (Å²) in [5, 5.41) is 8.82. The molecule has 0 aromatic carbocycles. The second-order valence-corrected chi connectivity index (χ2v) is 17.2. The van der Waals surface area contributed by atoms with Gasteiger partial charge in [0.1, 0.15) is 0 Å². The number of aliphatic hydroxyl groups is 1. The van der Waals surface area contributed by atoms with E-state index in [4.69, 9.17) is 9.84 Å². The molecule has 0 aromatic rings. The molecule has 0 aliphatic heterocycles. The van der Waals surface area contributed by atoms with E-state index in [9.17, 15) is 4.79 Å². The van der Waals surface area contributed by atoms with Crippen LogP contribution in [-0.2, 0) is 9.53 Å². The van der Waals surface area contributed by atoms with Gasteiger partial charge in [-0.05, 0) is 44.9 Å². The summed E-state index contributed by atoms with van der Waals surface area (Å²) in [4.78, 5) is 12.0. The van der Waals surface area contributed by atoms with Gasteiger partial charge in [0, 0.05) is 13.0 Å². The molecule has 0 unspecified atom stereocenters. The fraction of sp³-hybridized carbons (Fsp3) is 0.941. The summed E-state index contributed by atoms with van der Waals surface area (Å²) in [7, 11) is 0. The first-order valence-electron chi connectivity index (χ1n) is 25.2. The van der Waals surface area contributed by atoms with E-state index in [-0.39, 0.29) is 5.97 Å². The van der Waals surface area contributed by atoms with Crippen molar-refractivity contribution < 1.29 is 14.6 Å². The second-order valence-electron chi connectivity index (χ2n) is 17.2. The van der Waals surface area contributed by atoms with Crippen molar-refractivity contribution in [3.8, 4) is 0 Å². The van der Waals surface area contributed by atoms with Gasteiger partial charge in [0.05, 0.1) is 6.61 Å². The number of unbranched alkanes of at least 4 members (excludes halogenated alkanes) is 41. The van der Waals surface area contributed by atoms with E-state index in [0.29, 0.717) is 19.6 Å². The minimum atomic E-state index is 0.0176. The van der Waals surface area contributed by atoms with Crippen LogP contribution in [-0.4, -0.2) is 24.3 Å². The highest BCUT2D eigenvalue weighted by Gasteiger charge is 2.03. The lowest BCUT2D eigenvalue weighted by molar-refractivity contribution is -0.143. The van der Waals surface area contributed by atoms with Crippen LogP contribution in [0, 0.1) is 0 Å². The number of hydrogen-bond donors (Lipinski definition) is 1. The van der Waals surface area contributed by atoms with E-state index in [1.807, 2.05) is 0 Å². The predicted molar refractivity (Wildman–Crippen MR) is 241 cm³/mol. The Morgan fingerprint density at radius 1 is 0.352 bits per heavy atom. The summed E-state index contributed by atoms with van der Waals surface area (Å²) in [6.07, 6.45) is 65.1. The molecule has 0 radical (unpaired) electrons. The van der Waals surface area contributed by atoms with Crippen LogP contribution in [0.3, 0.4) is 0 Å². The first-order chi connectivity index (χ1) is 26.8. The van der Waals surface area contributed by atoms with E-state index in [0.717, 1.165) is 25.7 Å². The van der Waals surface area contributed by atoms with Gasteiger partial charge < -0.3 is 9.84 Å². The maximum Gasteiger partial charge on any atom is 0.305 e. The molecule has 0 amide bonds. The summed E-state index contributed by atoms with van der Waals surface area (Å²) in [5.74, 6) is 0.0176. The zero-order valence-electron chi connectivity index (χ0n) is 37.2. The van der Waals surface area contributed by atoms with Crippen molar-refractivity contribution in [2.45, 2.75) is 296 Å². The van der Waals surface area contributed by atoms with Crippen molar-refractivity contribution in [3.63, 3.8) is 0 Å². The molecule has 0 saturated carbocycles. The predicted octanol–water partition coefficient (Wildman–Crippen LogP) is 17.7. The lowest BCUT2D eigenvalue weighted by Gasteiger charge is -2.06. The molecule has 0 fully saturated rings. The molecular formula is C51H100O3. The fourth-order valence-electron chi connectivity index (χ4n) is 7.94. The molecule has 322 valence electrons. The summed E-state index contributed by atoms with van der Waals surface area (Å²) in [6.45, 7) is 3.26. The lowest BCUT2D eigenvalue weighted by atomic mass is 10.0. The van der Waals surface area contributed by atoms with Gasteiger partial charge in [-0.2, -0.15) is 0 Å². The number of carbonyl (C=O) groups excluding carboxylic acids is 1. The van der Waals surface area contributed by atoms with E-state index < -0.39 is 0 Å². The quantitative estimate of drug-likeness (QED) is 0.0382. The highest BCUT2D eigenvalue weighted by Crippen LogP contribution is 2.17. The van der Waals surface area contributed by atoms with Crippen molar-refractivity contribution >= 4 is 5.97 Å². The summed E-state index contributed by atoms with van der Waals surface area (Å²) < 4.78 is 5.47. The Kier molecular flexibility index (Phi) is 49.4. The third kappa shape index (κ3) is 49.2. The molecule has 54 heavy (non-hydrogen) atoms. The summed E-state index contributed by atoms with van der Waals surface area (Å²) >= 11 is 0. The number of carbonyl (C=O) groups is 1. The molecule has 0 aliphatic rings. The Hall–Kier alpha value is -0.830. The summed E-state index contributed by atoms with van der Waals surface area (Å²) in [5.41, 5.74) is 0. The average molecular weight is 761 g/mol. The van der Waals surface area contributed by atoms with Crippen molar-refractivity contribution in [3.05, 3.63) is 12.2 Å². The van der Waals surface area contributed by atoms with Gasteiger partial charge in [0.15, 0.2) is 0 Å². The first kappa shape index (κ1) is 53.2. The molecule has 3 heteroatoms. The van der Waals surface area contributed by atoms with Gasteiger partial charge in [-0.1, -0.05) is 257 Å². The zero-order chi connectivity index (χ0) is 38.9. The number of ether oxygens (including phenoxy) is 1. The molecule has 1 N–H and O–H groups in total. The largest absolute Gasteiger partial charge is 0.466 e. The van der Waals surface area contributed by atoms with Gasteiger partial charge in [0.25, 0.3) is 0 Å². The SMILES string of the molecule is CCCCCC/C=C\CCCCCCCC(=O)OCCCCCCCCCCCCCCCCCCCCCCCCCCCCCCCCCCCO. The van der Waals surface area contributed by atoms with Crippen molar-refractivity contribution in [1.82, 2.24) is 0 Å². The molecular weight excluding hydrogens is 661 g/mol. The van der Waals surface area contributed by atoms with Crippen LogP contribution in [0.4, 0.5) is 0 Å². The molecule has 0 saturated heterocycles. The van der Waals surface area contributed by atoms with Crippen LogP contribution < -0.4 is 0 Å². The highest BCUT2D eigenvalue weighted by atomic mass is 16.5. The Balaban J connectivity index is 3.13. The Morgan fingerprint density at radius 2 is 0.611 bits per heavy atom. The van der Waals surface area contributed by atoms with Crippen LogP contribution >= 0.6 is 0 Å². The van der Waals surface area contributed by atoms with Gasteiger partial charge in [-0.25, -0.2) is 0 Å². The molecule has 0 atom stereocenters. The van der Waals surface area contributed by atoms with Crippen LogP contribution in [0.25, 0.3) is 0 Å². The Morgan fingerprint density at radius 3 is 0.926 bits per heavy atom. The molecule has 0 heterocycles. The molecule has 3 nitrogen and oxygen atoms in total. The van der Waals surface area contributed by atoms with Gasteiger partial charge in [0.2, 0.25) is 0 Å². The minimum absolute atomic E-state index is 0.0176. The number of esters is 1. The molecule has 0 aliphatic carbocycles. The van der Waals surface area contributed by atoms with Gasteiger partial charge >= 0.3 is 5.97 Å². The normalized spacial score (nSPS) is 11.7. The standard InChI is InChI=1S/C51H100O3/c1-2-3-4-5-6-7-8-30-33-36-39-42-45-48-51(53)54-50-47-44-41-38-35-32-29-27-25-23-21-19-17-15-13-11-9-10-12-14-16-18-20-22-24-26-28-31-34-37-40-43-46-49-52/h7-8,52H,2-6,9-50H2,1H3/b8-7-. The van der Waals surface area contributed by atoms with E-state index in [2.05, 4.69) is 19.1 Å². The van der Waals surface area contributed by atoms with Crippen molar-refractivity contribution in [2.24, 2.45) is 0 Å². The van der Waals surface area contributed by atoms with Gasteiger partial charge in [-0.15, -0.1) is 0 Å². The average Bonchev–Trinajstić information content (AvgIpc) is 3.18. The molecule has 0 spiro atoms. The van der Waals surface area contributed by atoms with Gasteiger partial charge in [-0.3, -0.25) is 4.79 Å². The Labute approximate surface area is 340 Å². The minimum Gasteiger partial charge on any atom is -0.466 e. The lowest BCUT2D eigenvalue weighted by Crippen LogP contribution is -2.05. The maximum absolute atomic E-state index is 12.0. The molecule has 0 rings (SSSR count). The topological polar surface area (TPSA) is 46.5 Å². The third-order valence-electron chi connectivity index (χ3n) is 11.7. The van der Waals surface area contributed by atoms with Crippen LogP contribution in [0.2, 0.25) is 0 Å². The Bertz CT molecular complexity index is 703. The third-order valence-corrected chi connectivity index (χ3v) is 11.7. The second kappa shape index (κ2) is 50.2. The monoisotopic (exact) mass is 761 g/mol. The number of aliphatic hydroxyl groups excluding tert-OH is 1. The smallest absolute Gasteiger partial charge is 0.305 e. The number of rotatable bonds is 48. The van der Waals surface area contributed by atoms with Crippen molar-refractivity contribution in [2.75, 3.05) is 13.2 Å². The first-order valence-corrected chi connectivity index (χ1v) is 25.2. The molecule has 0 bridgehead atoms. The van der Waals surface area contributed by atoms with Crippen molar-refractivity contribution in [1.29, 1.82) is 0 Å². The van der Waals surface area contributed by atoms with E-state index in [1.54, 1.807) is 0 Å². The summed E-state index contributed by atoms with van der Waals surface area (Å²) in [6, 6.07) is 0. The molecule has 0 aromatic heterocycles. The van der Waals surface area contributed by atoms with Crippen LogP contribution in [0.1, 0.15) is 296 Å². The fourth-order valence-corrected chi connectivity index (χ4v) is 7.94. The zero-order valence-corrected chi connectivity index (χ0v) is 37.2. The maximum atomic E-state index is 12.0. The number of hydrogen-bond acceptors (Lipinski definition) is 3. The number of allylic oxidation sites excluding steroid dienone is 2. The van der Waals surface area contributed by atoms with E-state index >= 15 is 0 Å². The van der Waals surface area contributed by atoms with Crippen LogP contribution in [0.5, 0.6) is 0 Å². The van der Waals surface area contributed by atoms with Crippen LogP contribution in [0.15, 0.2) is 12.2 Å². The highest BCUT2D eigenvalue weighted by molar-refractivity contribution is 5.69. The van der Waals surface area contributed by atoms with E-state index in [1.165, 1.54) is 257 Å².